The minimum Gasteiger partial charge on any atom is -0.352 e. The first-order valence-corrected chi connectivity index (χ1v) is 7.73. The van der Waals surface area contributed by atoms with E-state index in [0.717, 1.165) is 28.6 Å². The Hall–Kier alpha value is -2.89. The zero-order valence-corrected chi connectivity index (χ0v) is 13.2. The van der Waals surface area contributed by atoms with E-state index >= 15 is 0 Å². The van der Waals surface area contributed by atoms with E-state index in [4.69, 9.17) is 0 Å². The first-order chi connectivity index (χ1) is 11.9. The lowest BCUT2D eigenvalue weighted by Crippen LogP contribution is -2.25. The molecule has 1 aromatic heterocycles. The van der Waals surface area contributed by atoms with E-state index in [0.29, 0.717) is 18.5 Å². The molecule has 1 heterocycles. The number of carbonyl (C=O) groups excluding carboxylic acids is 1. The quantitative estimate of drug-likeness (QED) is 0.770. The Kier molecular flexibility index (Phi) is 4.70. The van der Waals surface area contributed by atoms with Crippen molar-refractivity contribution in [2.24, 2.45) is 0 Å². The first-order valence-electron chi connectivity index (χ1n) is 7.73. The fourth-order valence-corrected chi connectivity index (χ4v) is 2.58. The molecule has 3 rings (SSSR count). The summed E-state index contributed by atoms with van der Waals surface area (Å²) in [5, 5.41) is 3.56. The van der Waals surface area contributed by atoms with Crippen molar-refractivity contribution in [3.05, 3.63) is 77.5 Å². The van der Waals surface area contributed by atoms with Crippen LogP contribution in [0.1, 0.15) is 21.5 Å². The lowest BCUT2D eigenvalue weighted by molar-refractivity contribution is -0.137. The van der Waals surface area contributed by atoms with Gasteiger partial charge in [-0.3, -0.25) is 9.78 Å². The summed E-state index contributed by atoms with van der Waals surface area (Å²) < 4.78 is 37.6. The smallest absolute Gasteiger partial charge is 0.352 e. The maximum absolute atomic E-state index is 12.5. The largest absolute Gasteiger partial charge is 0.416 e. The summed E-state index contributed by atoms with van der Waals surface area (Å²) in [6, 6.07) is 13.9. The maximum atomic E-state index is 12.5. The van der Waals surface area contributed by atoms with Crippen LogP contribution in [0.4, 0.5) is 13.2 Å². The third-order valence-corrected chi connectivity index (χ3v) is 3.87. The van der Waals surface area contributed by atoms with E-state index in [9.17, 15) is 18.0 Å². The molecular weight excluding hydrogens is 329 g/mol. The van der Waals surface area contributed by atoms with Gasteiger partial charge in [-0.2, -0.15) is 13.2 Å². The molecule has 1 N–H and O–H groups in total. The molecule has 25 heavy (non-hydrogen) atoms. The predicted molar refractivity (Wildman–Crippen MR) is 89.2 cm³/mol. The zero-order chi connectivity index (χ0) is 17.9. The summed E-state index contributed by atoms with van der Waals surface area (Å²) in [6.07, 6.45) is -2.23. The summed E-state index contributed by atoms with van der Waals surface area (Å²) in [4.78, 5) is 16.6. The van der Waals surface area contributed by atoms with Crippen molar-refractivity contribution in [1.29, 1.82) is 0 Å². The molecule has 0 aliphatic carbocycles. The number of nitrogens with one attached hydrogen (secondary N) is 1. The molecule has 0 saturated heterocycles. The number of carbonyl (C=O) groups is 1. The van der Waals surface area contributed by atoms with E-state index < -0.39 is 11.7 Å². The van der Waals surface area contributed by atoms with Gasteiger partial charge in [0.25, 0.3) is 5.91 Å². The van der Waals surface area contributed by atoms with E-state index in [1.807, 2.05) is 12.1 Å². The number of aromatic nitrogens is 1. The number of hydrogen-bond acceptors (Lipinski definition) is 2. The molecular formula is C19H15F3N2O. The predicted octanol–water partition coefficient (Wildman–Crippen LogP) is 4.23. The van der Waals surface area contributed by atoms with E-state index in [-0.39, 0.29) is 5.91 Å². The standard InChI is InChI=1S/C19H15F3N2O/c20-19(21,22)14-8-6-13(7-9-14)10-12-24-18(25)16-3-1-5-17-15(16)4-2-11-23-17/h1-9,11H,10,12H2,(H,24,25). The van der Waals surface area contributed by atoms with Crippen molar-refractivity contribution in [2.75, 3.05) is 6.54 Å². The number of amides is 1. The van der Waals surface area contributed by atoms with Crippen LogP contribution in [0.3, 0.4) is 0 Å². The Labute approximate surface area is 142 Å². The third-order valence-electron chi connectivity index (χ3n) is 3.87. The highest BCUT2D eigenvalue weighted by Crippen LogP contribution is 2.29. The van der Waals surface area contributed by atoms with Gasteiger partial charge in [-0.05, 0) is 42.3 Å². The van der Waals surface area contributed by atoms with Crippen molar-refractivity contribution in [2.45, 2.75) is 12.6 Å². The Bertz CT molecular complexity index is 884. The fraction of sp³-hybridized carbons (Fsp3) is 0.158. The van der Waals surface area contributed by atoms with Crippen LogP contribution in [0.5, 0.6) is 0 Å². The van der Waals surface area contributed by atoms with Crippen LogP contribution in [0, 0.1) is 0 Å². The summed E-state index contributed by atoms with van der Waals surface area (Å²) in [5.41, 5.74) is 1.31. The highest BCUT2D eigenvalue weighted by molar-refractivity contribution is 6.06. The SMILES string of the molecule is O=C(NCCc1ccc(C(F)(F)F)cc1)c1cccc2ncccc12. The van der Waals surface area contributed by atoms with Gasteiger partial charge in [-0.1, -0.05) is 24.3 Å². The number of nitrogens with zero attached hydrogens (tertiary/aromatic N) is 1. The number of rotatable bonds is 4. The molecule has 0 fully saturated rings. The molecule has 2 aromatic carbocycles. The Morgan fingerprint density at radius 1 is 1.00 bits per heavy atom. The van der Waals surface area contributed by atoms with E-state index in [1.54, 1.807) is 24.4 Å². The topological polar surface area (TPSA) is 42.0 Å². The lowest BCUT2D eigenvalue weighted by Gasteiger charge is -2.09. The van der Waals surface area contributed by atoms with Gasteiger partial charge >= 0.3 is 6.18 Å². The van der Waals surface area contributed by atoms with Crippen molar-refractivity contribution in [3.63, 3.8) is 0 Å². The molecule has 0 unspecified atom stereocenters. The second-order valence-corrected chi connectivity index (χ2v) is 5.58. The second-order valence-electron chi connectivity index (χ2n) is 5.58. The molecule has 0 radical (unpaired) electrons. The van der Waals surface area contributed by atoms with Crippen LogP contribution in [0.15, 0.2) is 60.8 Å². The zero-order valence-electron chi connectivity index (χ0n) is 13.2. The van der Waals surface area contributed by atoms with Crippen molar-refractivity contribution >= 4 is 16.8 Å². The van der Waals surface area contributed by atoms with Crippen LogP contribution in [-0.2, 0) is 12.6 Å². The number of halogens is 3. The average Bonchev–Trinajstić information content (AvgIpc) is 2.61. The minimum atomic E-state index is -4.34. The van der Waals surface area contributed by atoms with E-state index in [1.165, 1.54) is 12.1 Å². The third kappa shape index (κ3) is 3.96. The van der Waals surface area contributed by atoms with Gasteiger partial charge in [0, 0.05) is 23.7 Å². The van der Waals surface area contributed by atoms with Gasteiger partial charge in [-0.25, -0.2) is 0 Å². The summed E-state index contributed by atoms with van der Waals surface area (Å²) >= 11 is 0. The van der Waals surface area contributed by atoms with E-state index in [2.05, 4.69) is 10.3 Å². The van der Waals surface area contributed by atoms with Gasteiger partial charge in [0.15, 0.2) is 0 Å². The molecule has 128 valence electrons. The van der Waals surface area contributed by atoms with Gasteiger partial charge in [-0.15, -0.1) is 0 Å². The van der Waals surface area contributed by atoms with Crippen LogP contribution in [0.25, 0.3) is 10.9 Å². The van der Waals surface area contributed by atoms with Gasteiger partial charge < -0.3 is 5.32 Å². The summed E-state index contributed by atoms with van der Waals surface area (Å²) in [5.74, 6) is -0.231. The summed E-state index contributed by atoms with van der Waals surface area (Å²) in [7, 11) is 0. The molecule has 0 aliphatic heterocycles. The second kappa shape index (κ2) is 6.93. The number of benzene rings is 2. The monoisotopic (exact) mass is 344 g/mol. The van der Waals surface area contributed by atoms with Gasteiger partial charge in [0.1, 0.15) is 0 Å². The van der Waals surface area contributed by atoms with Gasteiger partial charge in [0.2, 0.25) is 0 Å². The Balaban J connectivity index is 1.63. The molecule has 0 saturated carbocycles. The molecule has 1 amide bonds. The highest BCUT2D eigenvalue weighted by Gasteiger charge is 2.29. The maximum Gasteiger partial charge on any atom is 0.416 e. The van der Waals surface area contributed by atoms with Crippen LogP contribution in [-0.4, -0.2) is 17.4 Å². The van der Waals surface area contributed by atoms with Crippen LogP contribution >= 0.6 is 0 Å². The summed E-state index contributed by atoms with van der Waals surface area (Å²) in [6.45, 7) is 0.334. The molecule has 0 atom stereocenters. The van der Waals surface area contributed by atoms with Crippen LogP contribution in [0.2, 0.25) is 0 Å². The van der Waals surface area contributed by atoms with Crippen molar-refractivity contribution < 1.29 is 18.0 Å². The van der Waals surface area contributed by atoms with Gasteiger partial charge in [0.05, 0.1) is 11.1 Å². The lowest BCUT2D eigenvalue weighted by atomic mass is 10.1. The molecule has 0 spiro atoms. The first kappa shape index (κ1) is 17.0. The van der Waals surface area contributed by atoms with Crippen molar-refractivity contribution in [1.82, 2.24) is 10.3 Å². The van der Waals surface area contributed by atoms with Crippen molar-refractivity contribution in [3.8, 4) is 0 Å². The Morgan fingerprint density at radius 3 is 2.48 bits per heavy atom. The number of pyridine rings is 1. The molecule has 6 heteroatoms. The average molecular weight is 344 g/mol. The fourth-order valence-electron chi connectivity index (χ4n) is 2.58. The molecule has 3 aromatic rings. The molecule has 3 nitrogen and oxygen atoms in total. The number of alkyl halides is 3. The molecule has 0 bridgehead atoms. The number of hydrogen-bond donors (Lipinski definition) is 1. The normalized spacial score (nSPS) is 11.5. The Morgan fingerprint density at radius 2 is 1.76 bits per heavy atom. The minimum absolute atomic E-state index is 0.231. The van der Waals surface area contributed by atoms with Crippen LogP contribution < -0.4 is 5.32 Å². The number of fused-ring (bicyclic) bond motifs is 1. The molecule has 0 aliphatic rings. The highest BCUT2D eigenvalue weighted by atomic mass is 19.4.